The summed E-state index contributed by atoms with van der Waals surface area (Å²) in [6.45, 7) is 7.45. The van der Waals surface area contributed by atoms with E-state index in [1.54, 1.807) is 0 Å². The Morgan fingerprint density at radius 2 is 1.52 bits per heavy atom. The van der Waals surface area contributed by atoms with Gasteiger partial charge in [0, 0.05) is 6.54 Å². The zero-order valence-corrected chi connectivity index (χ0v) is 17.6. The molecule has 0 radical (unpaired) electrons. The lowest BCUT2D eigenvalue weighted by Crippen LogP contribution is -2.67. The van der Waals surface area contributed by atoms with Gasteiger partial charge in [0.2, 0.25) is 0 Å². The first kappa shape index (κ1) is 19.8. The minimum absolute atomic E-state index is 0.0274. The zero-order valence-electron chi connectivity index (χ0n) is 16.6. The Kier molecular flexibility index (Phi) is 5.84. The van der Waals surface area contributed by atoms with Crippen LogP contribution in [0.3, 0.4) is 0 Å². The number of hydrogen-bond acceptors (Lipinski definition) is 4. The Bertz CT molecular complexity index is 719. The monoisotopic (exact) mass is 383 g/mol. The van der Waals surface area contributed by atoms with Gasteiger partial charge in [-0.15, -0.1) is 0 Å². The molecule has 1 aliphatic rings. The largest absolute Gasteiger partial charge is 0.468 e. The molecule has 0 aromatic heterocycles. The summed E-state index contributed by atoms with van der Waals surface area (Å²) < 4.78 is 11.9. The van der Waals surface area contributed by atoms with E-state index < -0.39 is 8.32 Å². The molecule has 144 valence electrons. The number of benzene rings is 2. The minimum atomic E-state index is -2.58. The number of rotatable bonds is 5. The highest BCUT2D eigenvalue weighted by Gasteiger charge is 2.52. The van der Waals surface area contributed by atoms with Crippen LogP contribution >= 0.6 is 0 Å². The van der Waals surface area contributed by atoms with E-state index in [1.165, 1.54) is 17.5 Å². The molecular weight excluding hydrogens is 354 g/mol. The van der Waals surface area contributed by atoms with Gasteiger partial charge in [0.25, 0.3) is 8.32 Å². The first-order chi connectivity index (χ1) is 12.9. The van der Waals surface area contributed by atoms with E-state index in [4.69, 9.17) is 9.16 Å². The predicted octanol–water partition coefficient (Wildman–Crippen LogP) is 2.47. The summed E-state index contributed by atoms with van der Waals surface area (Å²) in [5.74, 6) is -0.219. The average Bonchev–Trinajstić information content (AvgIpc) is 3.14. The van der Waals surface area contributed by atoms with Crippen molar-refractivity contribution in [3.05, 3.63) is 60.7 Å². The van der Waals surface area contributed by atoms with Crippen LogP contribution in [0.25, 0.3) is 0 Å². The fourth-order valence-corrected chi connectivity index (χ4v) is 8.75. The Morgan fingerprint density at radius 3 is 1.96 bits per heavy atom. The van der Waals surface area contributed by atoms with Crippen LogP contribution in [0.2, 0.25) is 5.04 Å². The molecule has 0 amide bonds. The summed E-state index contributed by atoms with van der Waals surface area (Å²) in [6, 6.07) is 20.9. The molecule has 5 heteroatoms. The van der Waals surface area contributed by atoms with Crippen LogP contribution in [0.5, 0.6) is 0 Å². The lowest BCUT2D eigenvalue weighted by molar-refractivity contribution is -0.142. The molecular formula is C22H29NO3Si. The topological polar surface area (TPSA) is 47.6 Å². The minimum Gasteiger partial charge on any atom is -0.468 e. The third kappa shape index (κ3) is 3.86. The molecule has 2 aromatic carbocycles. The normalized spacial score (nSPS) is 20.4. The third-order valence-corrected chi connectivity index (χ3v) is 10.4. The van der Waals surface area contributed by atoms with Crippen molar-refractivity contribution in [2.75, 3.05) is 13.7 Å². The molecule has 0 aliphatic carbocycles. The number of esters is 1. The SMILES string of the molecule is COC(=O)[C@H]1C[C@@H](O[Si](c2ccccc2)(c2ccccc2)C(C)(C)C)CN1. The maximum absolute atomic E-state index is 11.9. The van der Waals surface area contributed by atoms with Gasteiger partial charge in [0.15, 0.2) is 0 Å². The van der Waals surface area contributed by atoms with Gasteiger partial charge in [0.1, 0.15) is 6.04 Å². The average molecular weight is 384 g/mol. The van der Waals surface area contributed by atoms with Crippen LogP contribution in [0, 0.1) is 0 Å². The Balaban J connectivity index is 2.04. The third-order valence-electron chi connectivity index (χ3n) is 5.34. The summed E-state index contributed by atoms with van der Waals surface area (Å²) in [7, 11) is -1.15. The molecule has 0 spiro atoms. The number of nitrogens with one attached hydrogen (secondary N) is 1. The van der Waals surface area contributed by atoms with Crippen LogP contribution < -0.4 is 15.7 Å². The maximum atomic E-state index is 11.9. The van der Waals surface area contributed by atoms with Crippen LogP contribution in [0.4, 0.5) is 0 Å². The number of hydrogen-bond donors (Lipinski definition) is 1. The van der Waals surface area contributed by atoms with Gasteiger partial charge in [-0.05, 0) is 21.8 Å². The molecule has 4 nitrogen and oxygen atoms in total. The van der Waals surface area contributed by atoms with Crippen molar-refractivity contribution in [1.82, 2.24) is 5.32 Å². The molecule has 0 saturated carbocycles. The highest BCUT2D eigenvalue weighted by molar-refractivity contribution is 6.99. The van der Waals surface area contributed by atoms with Crippen LogP contribution in [0.15, 0.2) is 60.7 Å². The molecule has 27 heavy (non-hydrogen) atoms. The van der Waals surface area contributed by atoms with Crippen molar-refractivity contribution < 1.29 is 14.0 Å². The molecule has 2 atom stereocenters. The highest BCUT2D eigenvalue weighted by Crippen LogP contribution is 2.38. The van der Waals surface area contributed by atoms with Gasteiger partial charge in [0.05, 0.1) is 13.2 Å². The van der Waals surface area contributed by atoms with E-state index in [1.807, 2.05) is 12.1 Å². The second kappa shape index (κ2) is 7.96. The fourth-order valence-electron chi connectivity index (χ4n) is 4.06. The first-order valence-corrected chi connectivity index (χ1v) is 11.4. The van der Waals surface area contributed by atoms with Crippen LogP contribution in [-0.2, 0) is 14.0 Å². The molecule has 1 heterocycles. The predicted molar refractivity (Wildman–Crippen MR) is 111 cm³/mol. The molecule has 1 saturated heterocycles. The zero-order chi connectivity index (χ0) is 19.5. The quantitative estimate of drug-likeness (QED) is 0.636. The summed E-state index contributed by atoms with van der Waals surface area (Å²) >= 11 is 0. The number of carbonyl (C=O) groups is 1. The van der Waals surface area contributed by atoms with Gasteiger partial charge < -0.3 is 14.5 Å². The number of ether oxygens (including phenoxy) is 1. The number of carbonyl (C=O) groups excluding carboxylic acids is 1. The van der Waals surface area contributed by atoms with Gasteiger partial charge in [-0.3, -0.25) is 4.79 Å². The summed E-state index contributed by atoms with van der Waals surface area (Å²) in [4.78, 5) is 11.9. The van der Waals surface area contributed by atoms with Crippen LogP contribution in [-0.4, -0.2) is 40.1 Å². The highest BCUT2D eigenvalue weighted by atomic mass is 28.4. The van der Waals surface area contributed by atoms with Crippen molar-refractivity contribution in [3.63, 3.8) is 0 Å². The maximum Gasteiger partial charge on any atom is 0.322 e. The van der Waals surface area contributed by atoms with Crippen molar-refractivity contribution in [1.29, 1.82) is 0 Å². The van der Waals surface area contributed by atoms with Crippen molar-refractivity contribution in [2.24, 2.45) is 0 Å². The van der Waals surface area contributed by atoms with E-state index in [0.29, 0.717) is 13.0 Å². The van der Waals surface area contributed by atoms with Crippen LogP contribution in [0.1, 0.15) is 27.2 Å². The summed E-state index contributed by atoms with van der Waals surface area (Å²) in [5, 5.41) is 5.70. The van der Waals surface area contributed by atoms with E-state index in [2.05, 4.69) is 74.6 Å². The van der Waals surface area contributed by atoms with Gasteiger partial charge in [-0.1, -0.05) is 81.4 Å². The molecule has 0 bridgehead atoms. The Hall–Kier alpha value is -1.95. The Labute approximate surface area is 163 Å². The second-order valence-electron chi connectivity index (χ2n) is 8.12. The van der Waals surface area contributed by atoms with Crippen molar-refractivity contribution >= 4 is 24.7 Å². The summed E-state index contributed by atoms with van der Waals surface area (Å²) in [6.07, 6.45) is 0.609. The molecule has 3 rings (SSSR count). The van der Waals surface area contributed by atoms with E-state index in [0.717, 1.165) is 0 Å². The molecule has 2 aromatic rings. The van der Waals surface area contributed by atoms with Crippen molar-refractivity contribution in [2.45, 2.75) is 44.4 Å². The summed E-state index contributed by atoms with van der Waals surface area (Å²) in [5.41, 5.74) is 0. The number of methoxy groups -OCH3 is 1. The Morgan fingerprint density at radius 1 is 1.00 bits per heavy atom. The fraction of sp³-hybridized carbons (Fsp3) is 0.409. The van der Waals surface area contributed by atoms with E-state index >= 15 is 0 Å². The lowest BCUT2D eigenvalue weighted by Gasteiger charge is -2.44. The molecule has 0 unspecified atom stereocenters. The van der Waals surface area contributed by atoms with Gasteiger partial charge in [-0.2, -0.15) is 0 Å². The second-order valence-corrected chi connectivity index (χ2v) is 12.4. The smallest absolute Gasteiger partial charge is 0.322 e. The standard InChI is InChI=1S/C22H29NO3Si/c1-22(2,3)27(18-11-7-5-8-12-18,19-13-9-6-10-14-19)26-17-15-20(23-16-17)21(24)25-4/h5-14,17,20,23H,15-16H2,1-4H3/t17-,20-/m1/s1. The molecule has 1 fully saturated rings. The van der Waals surface area contributed by atoms with E-state index in [9.17, 15) is 4.79 Å². The lowest BCUT2D eigenvalue weighted by atomic mass is 10.2. The molecule has 1 aliphatic heterocycles. The van der Waals surface area contributed by atoms with Crippen molar-refractivity contribution in [3.8, 4) is 0 Å². The van der Waals surface area contributed by atoms with Gasteiger partial charge >= 0.3 is 5.97 Å². The first-order valence-electron chi connectivity index (χ1n) is 9.48. The molecule has 1 N–H and O–H groups in total. The van der Waals surface area contributed by atoms with Gasteiger partial charge in [-0.25, -0.2) is 0 Å². The van der Waals surface area contributed by atoms with E-state index in [-0.39, 0.29) is 23.2 Å².